The number of ether oxygens (including phenoxy) is 1. The Morgan fingerprint density at radius 3 is 2.68 bits per heavy atom. The molecule has 0 saturated heterocycles. The van der Waals surface area contributed by atoms with Crippen LogP contribution >= 0.6 is 11.3 Å². The fraction of sp³-hybridized carbons (Fsp3) is 0.500. The monoisotopic (exact) mass is 443 g/mol. The van der Waals surface area contributed by atoms with Crippen LogP contribution in [0.1, 0.15) is 42.1 Å². The Morgan fingerprint density at radius 2 is 1.97 bits per heavy atom. The van der Waals surface area contributed by atoms with Crippen molar-refractivity contribution in [1.82, 2.24) is 14.9 Å². The van der Waals surface area contributed by atoms with Crippen molar-refractivity contribution >= 4 is 21.6 Å². The van der Waals surface area contributed by atoms with E-state index in [4.69, 9.17) is 9.72 Å². The van der Waals surface area contributed by atoms with Gasteiger partial charge in [0.25, 0.3) is 5.56 Å². The number of aryl methyl sites for hydroxylation is 3. The molecule has 2 aromatic heterocycles. The van der Waals surface area contributed by atoms with Crippen molar-refractivity contribution in [3.05, 3.63) is 56.4 Å². The highest BCUT2D eigenvalue weighted by Crippen LogP contribution is 2.26. The van der Waals surface area contributed by atoms with Crippen LogP contribution in [-0.2, 0) is 6.54 Å². The Labute approximate surface area is 187 Å². The van der Waals surface area contributed by atoms with E-state index >= 15 is 0 Å². The summed E-state index contributed by atoms with van der Waals surface area (Å²) in [5.41, 5.74) is 1.96. The molecule has 0 unspecified atom stereocenters. The molecule has 1 aromatic carbocycles. The summed E-state index contributed by atoms with van der Waals surface area (Å²) in [7, 11) is 0. The minimum atomic E-state index is -0.645. The van der Waals surface area contributed by atoms with Crippen LogP contribution in [0.4, 0.5) is 0 Å². The topological polar surface area (TPSA) is 78.5 Å². The lowest BCUT2D eigenvalue weighted by Gasteiger charge is -2.25. The standard InChI is InChI=1S/C24H33N3O3S/c1-15(2)10-11-27(12-19(28)14-30-20-9-7-6-8-16(20)3)13-21-25-23(29)22-17(4)18(5)31-24(22)26-21/h6-9,15,19,28H,10-14H2,1-5H3,(H,25,26,29)/t19-/m0/s1. The first-order valence-corrected chi connectivity index (χ1v) is 11.6. The van der Waals surface area contributed by atoms with Crippen LogP contribution < -0.4 is 10.3 Å². The molecule has 0 radical (unpaired) electrons. The molecule has 3 aromatic rings. The summed E-state index contributed by atoms with van der Waals surface area (Å²) >= 11 is 1.55. The number of thiophene rings is 1. The first-order chi connectivity index (χ1) is 14.7. The van der Waals surface area contributed by atoms with Crippen LogP contribution in [0.15, 0.2) is 29.1 Å². The third-order valence-electron chi connectivity index (χ3n) is 5.48. The minimum Gasteiger partial charge on any atom is -0.491 e. The number of nitrogens with zero attached hydrogens (tertiary/aromatic N) is 2. The number of hydrogen-bond acceptors (Lipinski definition) is 6. The molecule has 1 atom stereocenters. The molecular formula is C24H33N3O3S. The molecule has 0 aliphatic heterocycles. The first-order valence-electron chi connectivity index (χ1n) is 10.8. The quantitative estimate of drug-likeness (QED) is 0.491. The predicted octanol–water partition coefficient (Wildman–Crippen LogP) is 4.20. The fourth-order valence-electron chi connectivity index (χ4n) is 3.52. The molecule has 3 rings (SSSR count). The van der Waals surface area contributed by atoms with Crippen molar-refractivity contribution < 1.29 is 9.84 Å². The van der Waals surface area contributed by atoms with Crippen molar-refractivity contribution in [2.75, 3.05) is 19.7 Å². The summed E-state index contributed by atoms with van der Waals surface area (Å²) in [6, 6.07) is 7.79. The number of aliphatic hydroxyl groups is 1. The number of H-pyrrole nitrogens is 1. The van der Waals surface area contributed by atoms with Crippen molar-refractivity contribution in [3.8, 4) is 5.75 Å². The zero-order valence-electron chi connectivity index (χ0n) is 19.1. The van der Waals surface area contributed by atoms with Gasteiger partial charge in [-0.15, -0.1) is 11.3 Å². The number of fused-ring (bicyclic) bond motifs is 1. The maximum Gasteiger partial charge on any atom is 0.259 e. The normalized spacial score (nSPS) is 12.8. The molecule has 0 spiro atoms. The van der Waals surface area contributed by atoms with Crippen LogP contribution in [0.2, 0.25) is 0 Å². The first kappa shape index (κ1) is 23.4. The predicted molar refractivity (Wildman–Crippen MR) is 127 cm³/mol. The van der Waals surface area contributed by atoms with Gasteiger partial charge in [-0.25, -0.2) is 4.98 Å². The van der Waals surface area contributed by atoms with E-state index in [1.807, 2.05) is 45.0 Å². The molecule has 0 bridgehead atoms. The van der Waals surface area contributed by atoms with Crippen molar-refractivity contribution in [1.29, 1.82) is 0 Å². The number of nitrogens with one attached hydrogen (secondary N) is 1. The zero-order valence-corrected chi connectivity index (χ0v) is 19.9. The van der Waals surface area contributed by atoms with Crippen LogP contribution in [-0.4, -0.2) is 45.8 Å². The Bertz CT molecular complexity index is 1070. The fourth-order valence-corrected chi connectivity index (χ4v) is 4.57. The second kappa shape index (κ2) is 10.4. The van der Waals surface area contributed by atoms with Gasteiger partial charge in [0.05, 0.1) is 11.9 Å². The Balaban J connectivity index is 1.70. The van der Waals surface area contributed by atoms with E-state index in [9.17, 15) is 9.90 Å². The lowest BCUT2D eigenvalue weighted by Crippen LogP contribution is -2.37. The smallest absolute Gasteiger partial charge is 0.259 e. The Hall–Kier alpha value is -2.22. The van der Waals surface area contributed by atoms with Crippen molar-refractivity contribution in [3.63, 3.8) is 0 Å². The third-order valence-corrected chi connectivity index (χ3v) is 6.58. The summed E-state index contributed by atoms with van der Waals surface area (Å²) in [6.45, 7) is 12.3. The van der Waals surface area contributed by atoms with Crippen molar-refractivity contribution in [2.24, 2.45) is 5.92 Å². The van der Waals surface area contributed by atoms with Gasteiger partial charge >= 0.3 is 0 Å². The van der Waals surface area contributed by atoms with E-state index < -0.39 is 6.10 Å². The van der Waals surface area contributed by atoms with E-state index in [1.165, 1.54) is 0 Å². The molecule has 168 valence electrons. The van der Waals surface area contributed by atoms with Crippen LogP contribution in [0, 0.1) is 26.7 Å². The highest BCUT2D eigenvalue weighted by molar-refractivity contribution is 7.18. The summed E-state index contributed by atoms with van der Waals surface area (Å²) in [6.07, 6.45) is 0.350. The highest BCUT2D eigenvalue weighted by Gasteiger charge is 2.17. The molecule has 0 fully saturated rings. The Kier molecular flexibility index (Phi) is 7.86. The summed E-state index contributed by atoms with van der Waals surface area (Å²) < 4.78 is 5.82. The largest absolute Gasteiger partial charge is 0.491 e. The van der Waals surface area contributed by atoms with Gasteiger partial charge in [-0.3, -0.25) is 9.69 Å². The number of benzene rings is 1. The van der Waals surface area contributed by atoms with Crippen LogP contribution in [0.3, 0.4) is 0 Å². The van der Waals surface area contributed by atoms with E-state index in [1.54, 1.807) is 11.3 Å². The van der Waals surface area contributed by atoms with Gasteiger partial charge < -0.3 is 14.8 Å². The van der Waals surface area contributed by atoms with E-state index in [0.29, 0.717) is 30.2 Å². The molecular weight excluding hydrogens is 410 g/mol. The van der Waals surface area contributed by atoms with Crippen molar-refractivity contribution in [2.45, 2.75) is 53.7 Å². The lowest BCUT2D eigenvalue weighted by atomic mass is 10.1. The van der Waals surface area contributed by atoms with Crippen LogP contribution in [0.5, 0.6) is 5.75 Å². The maximum atomic E-state index is 12.6. The summed E-state index contributed by atoms with van der Waals surface area (Å²) in [4.78, 5) is 24.3. The van der Waals surface area contributed by atoms with Gasteiger partial charge in [0.15, 0.2) is 0 Å². The molecule has 0 amide bonds. The molecule has 0 saturated carbocycles. The van der Waals surface area contributed by atoms with Gasteiger partial charge in [-0.05, 0) is 56.8 Å². The molecule has 2 heterocycles. The average Bonchev–Trinajstić information content (AvgIpc) is 2.99. The zero-order chi connectivity index (χ0) is 22.5. The van der Waals surface area contributed by atoms with Crippen LogP contribution in [0.25, 0.3) is 10.2 Å². The lowest BCUT2D eigenvalue weighted by molar-refractivity contribution is 0.0628. The summed E-state index contributed by atoms with van der Waals surface area (Å²) in [5.74, 6) is 1.96. The van der Waals surface area contributed by atoms with E-state index in [-0.39, 0.29) is 12.2 Å². The molecule has 6 nitrogen and oxygen atoms in total. The second-order valence-corrected chi connectivity index (χ2v) is 9.83. The Morgan fingerprint density at radius 1 is 1.23 bits per heavy atom. The summed E-state index contributed by atoms with van der Waals surface area (Å²) in [5, 5.41) is 11.3. The molecule has 2 N–H and O–H groups in total. The van der Waals surface area contributed by atoms with Gasteiger partial charge in [-0.2, -0.15) is 0 Å². The number of aliphatic hydroxyl groups excluding tert-OH is 1. The number of aromatic nitrogens is 2. The highest BCUT2D eigenvalue weighted by atomic mass is 32.1. The molecule has 31 heavy (non-hydrogen) atoms. The SMILES string of the molecule is Cc1ccccc1OC[C@@H](O)CN(CCC(C)C)Cc1nc2sc(C)c(C)c2c(=O)[nH]1. The number of rotatable bonds is 10. The number of aromatic amines is 1. The van der Waals surface area contributed by atoms with Gasteiger partial charge in [0.1, 0.15) is 29.1 Å². The minimum absolute atomic E-state index is 0.0888. The number of para-hydroxylation sites is 1. The second-order valence-electron chi connectivity index (χ2n) is 8.62. The van der Waals surface area contributed by atoms with E-state index in [2.05, 4.69) is 23.7 Å². The molecule has 7 heteroatoms. The molecule has 0 aliphatic rings. The molecule has 0 aliphatic carbocycles. The average molecular weight is 444 g/mol. The van der Waals surface area contributed by atoms with E-state index in [0.717, 1.165) is 39.5 Å². The van der Waals surface area contributed by atoms with Gasteiger partial charge in [0, 0.05) is 11.4 Å². The van der Waals surface area contributed by atoms with Gasteiger partial charge in [-0.1, -0.05) is 32.0 Å². The third kappa shape index (κ3) is 6.15. The maximum absolute atomic E-state index is 12.6. The number of hydrogen-bond donors (Lipinski definition) is 2. The van der Waals surface area contributed by atoms with Gasteiger partial charge in [0.2, 0.25) is 0 Å².